The van der Waals surface area contributed by atoms with E-state index < -0.39 is 0 Å². The van der Waals surface area contributed by atoms with Crippen molar-refractivity contribution in [3.8, 4) is 17.2 Å². The molecular formula is C15H17NO3. The van der Waals surface area contributed by atoms with E-state index >= 15 is 0 Å². The van der Waals surface area contributed by atoms with E-state index in [1.165, 1.54) is 0 Å². The molecule has 0 saturated heterocycles. The van der Waals surface area contributed by atoms with Crippen molar-refractivity contribution in [3.63, 3.8) is 0 Å². The number of nitrogens with two attached hydrogens (primary N) is 1. The molecule has 0 unspecified atom stereocenters. The second-order valence-corrected chi connectivity index (χ2v) is 3.91. The van der Waals surface area contributed by atoms with Gasteiger partial charge in [0.1, 0.15) is 30.5 Å². The third kappa shape index (κ3) is 3.81. The number of hydrogen-bond donors (Lipinski definition) is 1. The number of rotatable bonds is 6. The van der Waals surface area contributed by atoms with Crippen molar-refractivity contribution < 1.29 is 14.2 Å². The van der Waals surface area contributed by atoms with Gasteiger partial charge in [-0.1, -0.05) is 18.2 Å². The smallest absolute Gasteiger partial charge is 0.145 e. The quantitative estimate of drug-likeness (QED) is 0.640. The Morgan fingerprint density at radius 2 is 1.58 bits per heavy atom. The van der Waals surface area contributed by atoms with Gasteiger partial charge in [-0.15, -0.1) is 0 Å². The molecular weight excluding hydrogens is 242 g/mol. The molecule has 0 spiro atoms. The van der Waals surface area contributed by atoms with E-state index in [0.717, 1.165) is 5.75 Å². The van der Waals surface area contributed by atoms with Crippen LogP contribution in [-0.2, 0) is 0 Å². The molecule has 2 rings (SSSR count). The summed E-state index contributed by atoms with van der Waals surface area (Å²) < 4.78 is 16.2. The molecule has 100 valence electrons. The minimum Gasteiger partial charge on any atom is -0.494 e. The monoisotopic (exact) mass is 259 g/mol. The Bertz CT molecular complexity index is 514. The maximum absolute atomic E-state index is 5.73. The Morgan fingerprint density at radius 3 is 2.26 bits per heavy atom. The van der Waals surface area contributed by atoms with Crippen LogP contribution >= 0.6 is 0 Å². The lowest BCUT2D eigenvalue weighted by atomic mass is 10.3. The molecule has 4 nitrogen and oxygen atoms in total. The summed E-state index contributed by atoms with van der Waals surface area (Å²) in [5, 5.41) is 0. The van der Waals surface area contributed by atoms with Gasteiger partial charge in [0, 0.05) is 6.07 Å². The molecule has 2 N–H and O–H groups in total. The van der Waals surface area contributed by atoms with E-state index in [1.54, 1.807) is 25.3 Å². The van der Waals surface area contributed by atoms with E-state index in [4.69, 9.17) is 19.9 Å². The second kappa shape index (κ2) is 6.54. The van der Waals surface area contributed by atoms with Crippen LogP contribution in [0.3, 0.4) is 0 Å². The van der Waals surface area contributed by atoms with Crippen molar-refractivity contribution in [1.82, 2.24) is 0 Å². The Balaban J connectivity index is 1.80. The SMILES string of the molecule is COc1cc(OCCOc2ccccc2)ccc1N. The molecule has 4 heteroatoms. The zero-order valence-electron chi connectivity index (χ0n) is 10.8. The molecule has 0 saturated carbocycles. The summed E-state index contributed by atoms with van der Waals surface area (Å²) in [5.74, 6) is 2.16. The first-order valence-electron chi connectivity index (χ1n) is 6.04. The highest BCUT2D eigenvalue weighted by atomic mass is 16.5. The fourth-order valence-electron chi connectivity index (χ4n) is 1.62. The van der Waals surface area contributed by atoms with E-state index in [0.29, 0.717) is 30.4 Å². The van der Waals surface area contributed by atoms with Crippen molar-refractivity contribution in [3.05, 3.63) is 48.5 Å². The first-order chi connectivity index (χ1) is 9.29. The minimum absolute atomic E-state index is 0.460. The zero-order chi connectivity index (χ0) is 13.5. The second-order valence-electron chi connectivity index (χ2n) is 3.91. The predicted molar refractivity (Wildman–Crippen MR) is 74.8 cm³/mol. The maximum Gasteiger partial charge on any atom is 0.145 e. The molecule has 0 bridgehead atoms. The highest BCUT2D eigenvalue weighted by molar-refractivity contribution is 5.55. The molecule has 0 aliphatic carbocycles. The first-order valence-corrected chi connectivity index (χ1v) is 6.04. The van der Waals surface area contributed by atoms with Gasteiger partial charge >= 0.3 is 0 Å². The number of hydrogen-bond acceptors (Lipinski definition) is 4. The van der Waals surface area contributed by atoms with Crippen LogP contribution in [0.2, 0.25) is 0 Å². The molecule has 2 aromatic carbocycles. The maximum atomic E-state index is 5.73. The van der Waals surface area contributed by atoms with Crippen molar-refractivity contribution in [2.24, 2.45) is 0 Å². The molecule has 0 atom stereocenters. The summed E-state index contributed by atoms with van der Waals surface area (Å²) in [6, 6.07) is 15.0. The van der Waals surface area contributed by atoms with Crippen LogP contribution in [0.25, 0.3) is 0 Å². The first kappa shape index (κ1) is 13.1. The normalized spacial score (nSPS) is 9.95. The van der Waals surface area contributed by atoms with Gasteiger partial charge in [0.05, 0.1) is 12.8 Å². The van der Waals surface area contributed by atoms with Crippen molar-refractivity contribution in [2.45, 2.75) is 0 Å². The number of benzene rings is 2. The van der Waals surface area contributed by atoms with Gasteiger partial charge in [-0.2, -0.15) is 0 Å². The standard InChI is InChI=1S/C15H17NO3/c1-17-15-11-13(7-8-14(15)16)19-10-9-18-12-5-3-2-4-6-12/h2-8,11H,9-10,16H2,1H3. The largest absolute Gasteiger partial charge is 0.494 e. The van der Waals surface area contributed by atoms with Gasteiger partial charge in [0.25, 0.3) is 0 Å². The molecule has 0 heterocycles. The van der Waals surface area contributed by atoms with E-state index in [1.807, 2.05) is 30.3 Å². The molecule has 2 aromatic rings. The van der Waals surface area contributed by atoms with Gasteiger partial charge in [-0.3, -0.25) is 0 Å². The summed E-state index contributed by atoms with van der Waals surface area (Å²) in [6.07, 6.45) is 0. The Hall–Kier alpha value is -2.36. The van der Waals surface area contributed by atoms with Crippen molar-refractivity contribution in [1.29, 1.82) is 0 Å². The minimum atomic E-state index is 0.460. The Labute approximate surface area is 112 Å². The molecule has 19 heavy (non-hydrogen) atoms. The molecule has 0 fully saturated rings. The van der Waals surface area contributed by atoms with Crippen LogP contribution in [0.5, 0.6) is 17.2 Å². The van der Waals surface area contributed by atoms with Crippen LogP contribution in [-0.4, -0.2) is 20.3 Å². The summed E-state index contributed by atoms with van der Waals surface area (Å²) in [6.45, 7) is 0.943. The van der Waals surface area contributed by atoms with E-state index in [-0.39, 0.29) is 0 Å². The number of nitrogen functional groups attached to an aromatic ring is 1. The summed E-state index contributed by atoms with van der Waals surface area (Å²) in [7, 11) is 1.58. The van der Waals surface area contributed by atoms with Crippen LogP contribution in [0.1, 0.15) is 0 Å². The number of anilines is 1. The number of methoxy groups -OCH3 is 1. The highest BCUT2D eigenvalue weighted by Gasteiger charge is 2.01. The third-order valence-corrected chi connectivity index (χ3v) is 2.57. The van der Waals surface area contributed by atoms with Gasteiger partial charge in [0.15, 0.2) is 0 Å². The topological polar surface area (TPSA) is 53.7 Å². The molecule has 0 aliphatic heterocycles. The van der Waals surface area contributed by atoms with Crippen molar-refractivity contribution in [2.75, 3.05) is 26.1 Å². The van der Waals surface area contributed by atoms with Gasteiger partial charge < -0.3 is 19.9 Å². The fourth-order valence-corrected chi connectivity index (χ4v) is 1.62. The van der Waals surface area contributed by atoms with Gasteiger partial charge in [0.2, 0.25) is 0 Å². The molecule has 0 amide bonds. The lowest BCUT2D eigenvalue weighted by molar-refractivity contribution is 0.216. The molecule has 0 radical (unpaired) electrons. The fraction of sp³-hybridized carbons (Fsp3) is 0.200. The third-order valence-electron chi connectivity index (χ3n) is 2.57. The van der Waals surface area contributed by atoms with Crippen LogP contribution in [0, 0.1) is 0 Å². The molecule has 0 aliphatic rings. The average molecular weight is 259 g/mol. The zero-order valence-corrected chi connectivity index (χ0v) is 10.8. The number of para-hydroxylation sites is 1. The number of ether oxygens (including phenoxy) is 3. The summed E-state index contributed by atoms with van der Waals surface area (Å²) in [5.41, 5.74) is 6.32. The van der Waals surface area contributed by atoms with Crippen LogP contribution in [0.15, 0.2) is 48.5 Å². The lowest BCUT2D eigenvalue weighted by Crippen LogP contribution is -2.09. The highest BCUT2D eigenvalue weighted by Crippen LogP contribution is 2.26. The molecule has 0 aromatic heterocycles. The van der Waals surface area contributed by atoms with E-state index in [9.17, 15) is 0 Å². The summed E-state index contributed by atoms with van der Waals surface area (Å²) >= 11 is 0. The predicted octanol–water partition coefficient (Wildman–Crippen LogP) is 2.74. The van der Waals surface area contributed by atoms with Crippen LogP contribution in [0.4, 0.5) is 5.69 Å². The average Bonchev–Trinajstić information content (AvgIpc) is 2.46. The summed E-state index contributed by atoms with van der Waals surface area (Å²) in [4.78, 5) is 0. The van der Waals surface area contributed by atoms with Gasteiger partial charge in [-0.25, -0.2) is 0 Å². The van der Waals surface area contributed by atoms with Gasteiger partial charge in [-0.05, 0) is 24.3 Å². The Kier molecular flexibility index (Phi) is 4.50. The van der Waals surface area contributed by atoms with E-state index in [2.05, 4.69) is 0 Å². The Morgan fingerprint density at radius 1 is 0.895 bits per heavy atom. The van der Waals surface area contributed by atoms with Crippen LogP contribution < -0.4 is 19.9 Å². The van der Waals surface area contributed by atoms with Crippen molar-refractivity contribution >= 4 is 5.69 Å². The lowest BCUT2D eigenvalue weighted by Gasteiger charge is -2.10.